The predicted molar refractivity (Wildman–Crippen MR) is 72.3 cm³/mol. The number of nitrogens with two attached hydrogens (primary N) is 1. The van der Waals surface area contributed by atoms with Crippen molar-refractivity contribution in [2.24, 2.45) is 5.73 Å². The van der Waals surface area contributed by atoms with Crippen LogP contribution in [-0.2, 0) is 0 Å². The Morgan fingerprint density at radius 1 is 1.33 bits per heavy atom. The molecule has 0 amide bonds. The molecule has 0 aromatic heterocycles. The third-order valence-electron chi connectivity index (χ3n) is 2.16. The average Bonchev–Trinajstić information content (AvgIpc) is 2.20. The lowest BCUT2D eigenvalue weighted by Gasteiger charge is -2.18. The molecule has 2 nitrogen and oxygen atoms in total. The highest BCUT2D eigenvalue weighted by Crippen LogP contribution is 2.27. The van der Waals surface area contributed by atoms with Crippen LogP contribution in [-0.4, -0.2) is 11.2 Å². The summed E-state index contributed by atoms with van der Waals surface area (Å²) in [4.78, 5) is 0. The van der Waals surface area contributed by atoms with E-state index in [-0.39, 0.29) is 18.4 Å². The van der Waals surface area contributed by atoms with Crippen LogP contribution < -0.4 is 5.73 Å². The molecule has 0 saturated carbocycles. The van der Waals surface area contributed by atoms with Crippen molar-refractivity contribution in [3.8, 4) is 0 Å². The van der Waals surface area contributed by atoms with E-state index in [1.54, 1.807) is 0 Å². The molecule has 5 heteroatoms. The zero-order valence-corrected chi connectivity index (χ0v) is 12.3. The summed E-state index contributed by atoms with van der Waals surface area (Å²) < 4.78 is 1.94. The summed E-state index contributed by atoms with van der Waals surface area (Å²) in [5, 5.41) is 9.59. The number of aliphatic hydroxyl groups excluding tert-OH is 1. The summed E-state index contributed by atoms with van der Waals surface area (Å²) in [6, 6.07) is 5.44. The Hall–Kier alpha value is 0.390. The van der Waals surface area contributed by atoms with Crippen LogP contribution in [0.25, 0.3) is 0 Å². The third kappa shape index (κ3) is 4.04. The van der Waals surface area contributed by atoms with Crippen LogP contribution in [0, 0.1) is 0 Å². The van der Waals surface area contributed by atoms with Crippen LogP contribution >= 0.6 is 44.3 Å². The first-order chi connectivity index (χ1) is 6.56. The van der Waals surface area contributed by atoms with Gasteiger partial charge in [-0.05, 0) is 56.0 Å². The summed E-state index contributed by atoms with van der Waals surface area (Å²) in [7, 11) is 0. The van der Waals surface area contributed by atoms with Crippen molar-refractivity contribution in [3.05, 3.63) is 32.7 Å². The summed E-state index contributed by atoms with van der Waals surface area (Å²) in [6.45, 7) is 1.92. The first-order valence-electron chi connectivity index (χ1n) is 4.44. The molecule has 0 bridgehead atoms. The first-order valence-corrected chi connectivity index (χ1v) is 6.03. The van der Waals surface area contributed by atoms with Crippen LogP contribution in [0.5, 0.6) is 0 Å². The minimum absolute atomic E-state index is 0. The van der Waals surface area contributed by atoms with E-state index in [2.05, 4.69) is 31.9 Å². The highest BCUT2D eigenvalue weighted by molar-refractivity contribution is 9.13. The molecule has 0 aliphatic rings. The fraction of sp³-hybridized carbons (Fsp3) is 0.400. The molecule has 1 aromatic rings. The zero-order valence-electron chi connectivity index (χ0n) is 8.28. The smallest absolute Gasteiger partial charge is 0.0730 e. The van der Waals surface area contributed by atoms with Crippen molar-refractivity contribution in [3.63, 3.8) is 0 Å². The van der Waals surface area contributed by atoms with E-state index < -0.39 is 6.10 Å². The number of hydrogen-bond donors (Lipinski definition) is 2. The van der Waals surface area contributed by atoms with E-state index in [0.29, 0.717) is 6.42 Å². The second-order valence-electron chi connectivity index (χ2n) is 3.17. The largest absolute Gasteiger partial charge is 0.391 e. The third-order valence-corrected chi connectivity index (χ3v) is 4.04. The van der Waals surface area contributed by atoms with Crippen molar-refractivity contribution in [1.82, 2.24) is 0 Å². The zero-order chi connectivity index (χ0) is 10.7. The highest BCUT2D eigenvalue weighted by atomic mass is 79.9. The number of benzene rings is 1. The van der Waals surface area contributed by atoms with Gasteiger partial charge in [-0.25, -0.2) is 0 Å². The molecule has 1 rings (SSSR count). The van der Waals surface area contributed by atoms with Gasteiger partial charge in [-0.3, -0.25) is 0 Å². The van der Waals surface area contributed by atoms with Crippen molar-refractivity contribution in [1.29, 1.82) is 0 Å². The quantitative estimate of drug-likeness (QED) is 0.869. The minimum atomic E-state index is -0.483. The van der Waals surface area contributed by atoms with E-state index in [4.69, 9.17) is 5.73 Å². The monoisotopic (exact) mass is 357 g/mol. The number of hydrogen-bond acceptors (Lipinski definition) is 2. The maximum Gasteiger partial charge on any atom is 0.0730 e. The second-order valence-corrected chi connectivity index (χ2v) is 4.88. The Morgan fingerprint density at radius 3 is 2.40 bits per heavy atom. The van der Waals surface area contributed by atoms with Gasteiger partial charge < -0.3 is 10.8 Å². The van der Waals surface area contributed by atoms with Gasteiger partial charge in [0.05, 0.1) is 12.1 Å². The van der Waals surface area contributed by atoms with Crippen molar-refractivity contribution in [2.45, 2.75) is 25.5 Å². The molecular formula is C10H14Br2ClNO. The van der Waals surface area contributed by atoms with E-state index >= 15 is 0 Å². The Kier molecular flexibility index (Phi) is 7.04. The normalized spacial score (nSPS) is 14.2. The van der Waals surface area contributed by atoms with Gasteiger partial charge in [-0.15, -0.1) is 12.4 Å². The molecule has 0 aliphatic heterocycles. The summed E-state index contributed by atoms with van der Waals surface area (Å²) in [5.41, 5.74) is 6.82. The number of halogens is 3. The lowest BCUT2D eigenvalue weighted by molar-refractivity contribution is 0.140. The Balaban J connectivity index is 0.00000196. The Bertz CT molecular complexity index is 322. The molecule has 15 heavy (non-hydrogen) atoms. The minimum Gasteiger partial charge on any atom is -0.391 e. The van der Waals surface area contributed by atoms with Gasteiger partial charge in [-0.1, -0.05) is 13.0 Å². The fourth-order valence-corrected chi connectivity index (χ4v) is 1.84. The first kappa shape index (κ1) is 15.4. The van der Waals surface area contributed by atoms with Crippen LogP contribution in [0.15, 0.2) is 27.1 Å². The van der Waals surface area contributed by atoms with E-state index in [1.807, 2.05) is 25.1 Å². The van der Waals surface area contributed by atoms with Gasteiger partial charge in [0.1, 0.15) is 0 Å². The standard InChI is InChI=1S/C10H13Br2NO.ClH/c1-2-9(14)10(13)6-3-4-7(11)8(12)5-6;/h3-5,9-10,14H,2,13H2,1H3;1H/t9-,10+;/m0./s1. The van der Waals surface area contributed by atoms with Gasteiger partial charge in [-0.2, -0.15) is 0 Å². The Labute approximate surface area is 113 Å². The molecule has 1 aromatic carbocycles. The molecule has 0 fully saturated rings. The molecule has 0 spiro atoms. The molecule has 3 N–H and O–H groups in total. The van der Waals surface area contributed by atoms with Gasteiger partial charge in [0.15, 0.2) is 0 Å². The fourth-order valence-electron chi connectivity index (χ4n) is 1.20. The van der Waals surface area contributed by atoms with Gasteiger partial charge in [0.2, 0.25) is 0 Å². The van der Waals surface area contributed by atoms with Gasteiger partial charge in [0.25, 0.3) is 0 Å². The Morgan fingerprint density at radius 2 is 1.93 bits per heavy atom. The predicted octanol–water partition coefficient (Wildman–Crippen LogP) is 3.40. The average molecular weight is 359 g/mol. The molecular weight excluding hydrogens is 345 g/mol. The van der Waals surface area contributed by atoms with Crippen molar-refractivity contribution in [2.75, 3.05) is 0 Å². The van der Waals surface area contributed by atoms with Crippen LogP contribution in [0.3, 0.4) is 0 Å². The van der Waals surface area contributed by atoms with Crippen LogP contribution in [0.2, 0.25) is 0 Å². The van der Waals surface area contributed by atoms with Crippen molar-refractivity contribution >= 4 is 44.3 Å². The molecule has 0 saturated heterocycles. The number of aliphatic hydroxyl groups is 1. The maximum absolute atomic E-state index is 9.59. The number of rotatable bonds is 3. The van der Waals surface area contributed by atoms with E-state index in [1.165, 1.54) is 0 Å². The van der Waals surface area contributed by atoms with E-state index in [0.717, 1.165) is 14.5 Å². The maximum atomic E-state index is 9.59. The molecule has 0 heterocycles. The molecule has 0 aliphatic carbocycles. The van der Waals surface area contributed by atoms with Gasteiger partial charge in [0, 0.05) is 8.95 Å². The topological polar surface area (TPSA) is 46.2 Å². The molecule has 86 valence electrons. The van der Waals surface area contributed by atoms with Crippen molar-refractivity contribution < 1.29 is 5.11 Å². The second kappa shape index (κ2) is 6.86. The van der Waals surface area contributed by atoms with Gasteiger partial charge >= 0.3 is 0 Å². The lowest BCUT2D eigenvalue weighted by atomic mass is 10.0. The summed E-state index contributed by atoms with van der Waals surface area (Å²) >= 11 is 6.78. The lowest BCUT2D eigenvalue weighted by Crippen LogP contribution is -2.25. The highest BCUT2D eigenvalue weighted by Gasteiger charge is 2.15. The van der Waals surface area contributed by atoms with Crippen LogP contribution in [0.4, 0.5) is 0 Å². The van der Waals surface area contributed by atoms with E-state index in [9.17, 15) is 5.11 Å². The summed E-state index contributed by atoms with van der Waals surface area (Å²) in [6.07, 6.45) is 0.178. The molecule has 0 radical (unpaired) electrons. The van der Waals surface area contributed by atoms with Crippen LogP contribution in [0.1, 0.15) is 24.9 Å². The molecule has 2 atom stereocenters. The summed E-state index contributed by atoms with van der Waals surface area (Å²) in [5.74, 6) is 0. The SMILES string of the molecule is CC[C@H](O)[C@H](N)c1ccc(Br)c(Br)c1.Cl. The molecule has 0 unspecified atom stereocenters.